The first-order valence-corrected chi connectivity index (χ1v) is 16.2. The predicted octanol–water partition coefficient (Wildman–Crippen LogP) is 0.219. The quantitative estimate of drug-likeness (QED) is 0.123. The van der Waals surface area contributed by atoms with Gasteiger partial charge < -0.3 is 56.9 Å². The van der Waals surface area contributed by atoms with Gasteiger partial charge in [0.25, 0.3) is 0 Å². The van der Waals surface area contributed by atoms with Crippen molar-refractivity contribution in [3.8, 4) is 0 Å². The van der Waals surface area contributed by atoms with Gasteiger partial charge in [-0.25, -0.2) is 4.79 Å². The van der Waals surface area contributed by atoms with Crippen molar-refractivity contribution in [2.24, 2.45) is 0 Å². The van der Waals surface area contributed by atoms with E-state index >= 15 is 0 Å². The molecule has 0 aromatic heterocycles. The van der Waals surface area contributed by atoms with Gasteiger partial charge in [-0.3, -0.25) is 0 Å². The molecule has 0 heterocycles. The Morgan fingerprint density at radius 1 is 0.606 bits per heavy atom. The van der Waals surface area contributed by atoms with Crippen LogP contribution in [0.15, 0.2) is 12.2 Å². The molecule has 0 fully saturated rings. The Morgan fingerprint density at radius 3 is 1.09 bits per heavy atom. The average molecular weight is 553 g/mol. The van der Waals surface area contributed by atoms with Crippen LogP contribution in [0.4, 0.5) is 0 Å². The molecule has 0 aliphatic rings. The molecule has 0 aliphatic carbocycles. The highest BCUT2D eigenvalue weighted by Crippen LogP contribution is 2.31. The molecule has 0 aliphatic heterocycles. The Labute approximate surface area is 199 Å². The van der Waals surface area contributed by atoms with E-state index in [9.17, 15) is 4.79 Å². The molecule has 18 heteroatoms. The van der Waals surface area contributed by atoms with E-state index in [1.165, 1.54) is 70.9 Å². The summed E-state index contributed by atoms with van der Waals surface area (Å²) in [5, 5.41) is 0. The number of esters is 1. The van der Waals surface area contributed by atoms with E-state index in [-0.39, 0.29) is 18.2 Å². The molecule has 0 aromatic carbocycles. The van der Waals surface area contributed by atoms with Crippen molar-refractivity contribution in [3.05, 3.63) is 12.2 Å². The monoisotopic (exact) mass is 552 g/mol. The second-order valence-electron chi connectivity index (χ2n) is 5.99. The molecular formula is C15H36O14Si4. The summed E-state index contributed by atoms with van der Waals surface area (Å²) in [6, 6.07) is -0.174. The molecule has 0 saturated heterocycles. The maximum Gasteiger partial charge on any atom is 0.671 e. The van der Waals surface area contributed by atoms with Gasteiger partial charge in [-0.1, -0.05) is 6.58 Å². The van der Waals surface area contributed by atoms with Crippen molar-refractivity contribution < 1.29 is 61.7 Å². The Morgan fingerprint density at radius 2 is 0.879 bits per heavy atom. The van der Waals surface area contributed by atoms with Gasteiger partial charge in [-0.15, -0.1) is 0 Å². The molecule has 33 heavy (non-hydrogen) atoms. The van der Waals surface area contributed by atoms with Gasteiger partial charge in [-0.2, -0.15) is 0 Å². The van der Waals surface area contributed by atoms with Crippen LogP contribution < -0.4 is 0 Å². The Balaban J connectivity index is 6.62. The van der Waals surface area contributed by atoms with Gasteiger partial charge in [0, 0.05) is 69.6 Å². The zero-order valence-electron chi connectivity index (χ0n) is 20.8. The standard InChI is InChI=1S/C15H36O14Si4/c1-14(2)15(16)26-12-13-30(27-31(17-3,18-4)19-5,28-32(20-6,21-7)22-8)29-33(23-9,24-10)25-11/h1,12-13H2,2-11H3. The second-order valence-corrected chi connectivity index (χ2v) is 17.0. The summed E-state index contributed by atoms with van der Waals surface area (Å²) in [6.45, 7) is 4.82. The number of carbonyl (C=O) groups is 1. The van der Waals surface area contributed by atoms with Gasteiger partial charge in [0.05, 0.1) is 12.7 Å². The van der Waals surface area contributed by atoms with Crippen molar-refractivity contribution in [1.29, 1.82) is 0 Å². The molecular weight excluding hydrogens is 516 g/mol. The lowest BCUT2D eigenvalue weighted by atomic mass is 10.4. The zero-order chi connectivity index (χ0) is 25.8. The molecule has 14 nitrogen and oxygen atoms in total. The SMILES string of the molecule is C=C(C)C(=O)OCC[Si](O[Si](OC)(OC)OC)(O[Si](OC)(OC)OC)O[Si](OC)(OC)OC. The number of hydrogen-bond donors (Lipinski definition) is 0. The third-order valence-corrected chi connectivity index (χ3v) is 16.1. The summed E-state index contributed by atoms with van der Waals surface area (Å²) in [6.07, 6.45) is 0. The molecule has 0 aromatic rings. The van der Waals surface area contributed by atoms with Crippen molar-refractivity contribution in [3.63, 3.8) is 0 Å². The van der Waals surface area contributed by atoms with E-state index < -0.39 is 41.9 Å². The van der Waals surface area contributed by atoms with Crippen LogP contribution in [0.25, 0.3) is 0 Å². The van der Waals surface area contributed by atoms with Gasteiger partial charge in [0.1, 0.15) is 0 Å². The van der Waals surface area contributed by atoms with E-state index in [0.29, 0.717) is 0 Å². The normalized spacial score (nSPS) is 13.3. The lowest BCUT2D eigenvalue weighted by molar-refractivity contribution is -0.138. The van der Waals surface area contributed by atoms with E-state index in [1.807, 2.05) is 0 Å². The first-order valence-electron chi connectivity index (χ1n) is 9.39. The molecule has 0 rings (SSSR count). The summed E-state index contributed by atoms with van der Waals surface area (Å²) in [5.41, 5.74) is 0.197. The zero-order valence-corrected chi connectivity index (χ0v) is 24.8. The van der Waals surface area contributed by atoms with Crippen molar-refractivity contribution >= 4 is 41.9 Å². The third-order valence-electron chi connectivity index (χ3n) is 4.08. The van der Waals surface area contributed by atoms with Crippen LogP contribution in [0.3, 0.4) is 0 Å². The fourth-order valence-corrected chi connectivity index (χ4v) is 14.6. The highest BCUT2D eigenvalue weighted by atomic mass is 28.5. The summed E-state index contributed by atoms with van der Waals surface area (Å²) in [5.74, 6) is -0.630. The van der Waals surface area contributed by atoms with E-state index in [2.05, 4.69) is 6.58 Å². The van der Waals surface area contributed by atoms with Crippen molar-refractivity contribution in [2.45, 2.75) is 13.0 Å². The number of carbonyl (C=O) groups excluding carboxylic acids is 1. The van der Waals surface area contributed by atoms with Gasteiger partial charge in [-0.05, 0) is 6.92 Å². The third kappa shape index (κ3) is 8.95. The average Bonchev–Trinajstić information content (AvgIpc) is 2.84. The highest BCUT2D eigenvalue weighted by molar-refractivity contribution is 6.82. The first kappa shape index (κ1) is 32.6. The molecule has 0 amide bonds. The molecule has 0 saturated carbocycles. The number of hydrogen-bond acceptors (Lipinski definition) is 14. The van der Waals surface area contributed by atoms with Crippen LogP contribution in [-0.4, -0.2) is 113 Å². The van der Waals surface area contributed by atoms with Crippen molar-refractivity contribution in [1.82, 2.24) is 0 Å². The van der Waals surface area contributed by atoms with E-state index in [1.54, 1.807) is 0 Å². The van der Waals surface area contributed by atoms with Gasteiger partial charge >= 0.3 is 41.9 Å². The van der Waals surface area contributed by atoms with Crippen molar-refractivity contribution in [2.75, 3.05) is 70.6 Å². The summed E-state index contributed by atoms with van der Waals surface area (Å²) in [4.78, 5) is 12.0. The number of rotatable bonds is 19. The second kappa shape index (κ2) is 14.9. The summed E-state index contributed by atoms with van der Waals surface area (Å²) >= 11 is 0. The largest absolute Gasteiger partial charge is 0.671 e. The van der Waals surface area contributed by atoms with Crippen LogP contribution in [0, 0.1) is 0 Å². The topological polar surface area (TPSA) is 137 Å². The van der Waals surface area contributed by atoms with Crippen LogP contribution >= 0.6 is 0 Å². The predicted molar refractivity (Wildman–Crippen MR) is 120 cm³/mol. The minimum atomic E-state index is -4.24. The maximum atomic E-state index is 12.0. The summed E-state index contributed by atoms with van der Waals surface area (Å²) < 4.78 is 72.4. The van der Waals surface area contributed by atoms with Crippen LogP contribution in [0.5, 0.6) is 0 Å². The molecule has 0 bridgehead atoms. The molecule has 0 radical (unpaired) electrons. The van der Waals surface area contributed by atoms with E-state index in [4.69, 9.17) is 56.9 Å². The lowest BCUT2D eigenvalue weighted by Gasteiger charge is -2.41. The minimum absolute atomic E-state index is 0.174. The Hall–Kier alpha value is -0.402. The smallest absolute Gasteiger partial charge is 0.462 e. The summed E-state index contributed by atoms with van der Waals surface area (Å²) in [7, 11) is -3.95. The van der Waals surface area contributed by atoms with Gasteiger partial charge in [0.15, 0.2) is 0 Å². The Kier molecular flexibility index (Phi) is 14.7. The fraction of sp³-hybridized carbons (Fsp3) is 0.800. The molecule has 0 unspecified atom stereocenters. The lowest BCUT2D eigenvalue weighted by Crippen LogP contribution is -2.69. The molecule has 0 spiro atoms. The van der Waals surface area contributed by atoms with Crippen LogP contribution in [0.1, 0.15) is 6.92 Å². The molecule has 0 N–H and O–H groups in total. The maximum absolute atomic E-state index is 12.0. The highest BCUT2D eigenvalue weighted by Gasteiger charge is 2.66. The fourth-order valence-electron chi connectivity index (χ4n) is 2.30. The molecule has 0 atom stereocenters. The van der Waals surface area contributed by atoms with Crippen LogP contribution in [0.2, 0.25) is 6.04 Å². The van der Waals surface area contributed by atoms with Gasteiger partial charge in [0.2, 0.25) is 0 Å². The van der Waals surface area contributed by atoms with E-state index in [0.717, 1.165) is 0 Å². The number of ether oxygens (including phenoxy) is 1. The van der Waals surface area contributed by atoms with Crippen LogP contribution in [-0.2, 0) is 61.7 Å². The molecule has 196 valence electrons. The first-order chi connectivity index (χ1) is 15.5. The Bertz CT molecular complexity index is 517. The minimum Gasteiger partial charge on any atom is -0.462 e.